The summed E-state index contributed by atoms with van der Waals surface area (Å²) in [5.74, 6) is 0.513. The summed E-state index contributed by atoms with van der Waals surface area (Å²) in [5, 5.41) is 0. The molecule has 0 aliphatic carbocycles. The zero-order valence-electron chi connectivity index (χ0n) is 11.6. The first-order chi connectivity index (χ1) is 9.15. The molecule has 0 amide bonds. The van der Waals surface area contributed by atoms with Crippen molar-refractivity contribution in [3.05, 3.63) is 48.1 Å². The summed E-state index contributed by atoms with van der Waals surface area (Å²) in [6, 6.07) is 7.67. The van der Waals surface area contributed by atoms with Gasteiger partial charge in [-0.3, -0.25) is 0 Å². The van der Waals surface area contributed by atoms with Gasteiger partial charge in [-0.25, -0.2) is 4.79 Å². The van der Waals surface area contributed by atoms with Crippen molar-refractivity contribution in [1.29, 1.82) is 0 Å². The van der Waals surface area contributed by atoms with Crippen LogP contribution >= 0.6 is 0 Å². The molecule has 0 radical (unpaired) electrons. The molecule has 3 nitrogen and oxygen atoms in total. The minimum absolute atomic E-state index is 0.0392. The molecule has 0 saturated carbocycles. The molecular formula is C16H20O3. The Morgan fingerprint density at radius 2 is 1.95 bits per heavy atom. The topological polar surface area (TPSA) is 35.5 Å². The summed E-state index contributed by atoms with van der Waals surface area (Å²) in [4.78, 5) is 11.3. The average Bonchev–Trinajstić information content (AvgIpc) is 2.44. The number of hydrogen-bond acceptors (Lipinski definition) is 3. The second-order valence-corrected chi connectivity index (χ2v) is 4.15. The van der Waals surface area contributed by atoms with Crippen LogP contribution in [0.2, 0.25) is 0 Å². The molecule has 0 aromatic heterocycles. The largest absolute Gasteiger partial charge is 0.497 e. The van der Waals surface area contributed by atoms with Crippen molar-refractivity contribution >= 4 is 12.0 Å². The van der Waals surface area contributed by atoms with Gasteiger partial charge in [0.2, 0.25) is 0 Å². The Labute approximate surface area is 114 Å². The third-order valence-electron chi connectivity index (χ3n) is 2.64. The molecule has 0 spiro atoms. The average molecular weight is 260 g/mol. The van der Waals surface area contributed by atoms with Gasteiger partial charge >= 0.3 is 5.97 Å². The van der Waals surface area contributed by atoms with Gasteiger partial charge in [-0.05, 0) is 31.0 Å². The van der Waals surface area contributed by atoms with Gasteiger partial charge in [-0.15, -0.1) is 0 Å². The molecule has 1 unspecified atom stereocenters. The van der Waals surface area contributed by atoms with E-state index in [1.54, 1.807) is 19.3 Å². The highest BCUT2D eigenvalue weighted by Gasteiger charge is 2.02. The van der Waals surface area contributed by atoms with Crippen molar-refractivity contribution in [3.63, 3.8) is 0 Å². The summed E-state index contributed by atoms with van der Waals surface area (Å²) in [5.41, 5.74) is 1.04. The number of carbonyl (C=O) groups is 1. The van der Waals surface area contributed by atoms with Gasteiger partial charge in [-0.2, -0.15) is 0 Å². The van der Waals surface area contributed by atoms with Gasteiger partial charge in [0.1, 0.15) is 5.75 Å². The van der Waals surface area contributed by atoms with E-state index in [0.717, 1.165) is 17.7 Å². The second kappa shape index (κ2) is 8.14. The summed E-state index contributed by atoms with van der Waals surface area (Å²) < 4.78 is 10.2. The number of hydrogen-bond donors (Lipinski definition) is 0. The first kappa shape index (κ1) is 15.0. The highest BCUT2D eigenvalue weighted by Crippen LogP contribution is 2.12. The molecule has 1 rings (SSSR count). The van der Waals surface area contributed by atoms with Crippen molar-refractivity contribution in [2.24, 2.45) is 0 Å². The van der Waals surface area contributed by atoms with E-state index in [0.29, 0.717) is 0 Å². The third kappa shape index (κ3) is 5.91. The molecule has 19 heavy (non-hydrogen) atoms. The number of methoxy groups -OCH3 is 1. The fourth-order valence-electron chi connectivity index (χ4n) is 1.34. The maximum atomic E-state index is 11.3. The van der Waals surface area contributed by atoms with Gasteiger partial charge in [0, 0.05) is 6.08 Å². The van der Waals surface area contributed by atoms with Crippen LogP contribution in [-0.4, -0.2) is 19.2 Å². The molecule has 102 valence electrons. The minimum atomic E-state index is -0.311. The Kier molecular flexibility index (Phi) is 6.44. The van der Waals surface area contributed by atoms with Crippen molar-refractivity contribution in [2.45, 2.75) is 26.4 Å². The van der Waals surface area contributed by atoms with Gasteiger partial charge in [0.15, 0.2) is 0 Å². The van der Waals surface area contributed by atoms with Crippen LogP contribution in [0.4, 0.5) is 0 Å². The van der Waals surface area contributed by atoms with Crippen LogP contribution in [-0.2, 0) is 9.53 Å². The Morgan fingerprint density at radius 3 is 2.53 bits per heavy atom. The number of ether oxygens (including phenoxy) is 2. The van der Waals surface area contributed by atoms with Gasteiger partial charge in [0.05, 0.1) is 13.2 Å². The van der Waals surface area contributed by atoms with Gasteiger partial charge in [0.25, 0.3) is 0 Å². The molecule has 1 aromatic rings. The van der Waals surface area contributed by atoms with E-state index in [1.807, 2.05) is 44.2 Å². The molecule has 0 heterocycles. The van der Waals surface area contributed by atoms with Gasteiger partial charge in [-0.1, -0.05) is 37.3 Å². The van der Waals surface area contributed by atoms with E-state index in [2.05, 4.69) is 0 Å². The second-order valence-electron chi connectivity index (χ2n) is 4.15. The number of carbonyl (C=O) groups excluding carboxylic acids is 1. The summed E-state index contributed by atoms with van der Waals surface area (Å²) in [6.45, 7) is 3.85. The van der Waals surface area contributed by atoms with E-state index in [9.17, 15) is 4.79 Å². The Balaban J connectivity index is 2.46. The maximum Gasteiger partial charge on any atom is 0.331 e. The molecule has 0 fully saturated rings. The monoisotopic (exact) mass is 260 g/mol. The van der Waals surface area contributed by atoms with Gasteiger partial charge < -0.3 is 9.47 Å². The summed E-state index contributed by atoms with van der Waals surface area (Å²) in [7, 11) is 1.64. The SMILES string of the molecule is CCC(C)OC(=O)/C=C/C=C/c1ccc(OC)cc1. The molecule has 1 atom stereocenters. The van der Waals surface area contributed by atoms with Crippen molar-refractivity contribution < 1.29 is 14.3 Å². The standard InChI is InChI=1S/C16H20O3/c1-4-13(2)19-16(17)8-6-5-7-14-9-11-15(18-3)12-10-14/h5-13H,4H2,1-3H3/b7-5+,8-6+. The first-order valence-corrected chi connectivity index (χ1v) is 6.35. The number of allylic oxidation sites excluding steroid dienone is 2. The van der Waals surface area contributed by atoms with Crippen LogP contribution in [0.1, 0.15) is 25.8 Å². The van der Waals surface area contributed by atoms with Crippen LogP contribution in [0, 0.1) is 0 Å². The quantitative estimate of drug-likeness (QED) is 0.445. The molecule has 0 saturated heterocycles. The van der Waals surface area contributed by atoms with Crippen LogP contribution in [0.25, 0.3) is 6.08 Å². The highest BCUT2D eigenvalue weighted by atomic mass is 16.5. The van der Waals surface area contributed by atoms with Crippen LogP contribution in [0.5, 0.6) is 5.75 Å². The van der Waals surface area contributed by atoms with E-state index < -0.39 is 0 Å². The van der Waals surface area contributed by atoms with Crippen LogP contribution in [0.15, 0.2) is 42.5 Å². The zero-order chi connectivity index (χ0) is 14.1. The van der Waals surface area contributed by atoms with Crippen LogP contribution in [0.3, 0.4) is 0 Å². The lowest BCUT2D eigenvalue weighted by Crippen LogP contribution is -2.11. The highest BCUT2D eigenvalue weighted by molar-refractivity contribution is 5.82. The van der Waals surface area contributed by atoms with Crippen LogP contribution < -0.4 is 4.74 Å². The lowest BCUT2D eigenvalue weighted by molar-refractivity contribution is -0.142. The zero-order valence-corrected chi connectivity index (χ0v) is 11.6. The summed E-state index contributed by atoms with van der Waals surface area (Å²) >= 11 is 0. The molecular weight excluding hydrogens is 240 g/mol. The fraction of sp³-hybridized carbons (Fsp3) is 0.312. The lowest BCUT2D eigenvalue weighted by atomic mass is 10.2. The summed E-state index contributed by atoms with van der Waals surface area (Å²) in [6.07, 6.45) is 7.59. The Hall–Kier alpha value is -2.03. The molecule has 0 N–H and O–H groups in total. The maximum absolute atomic E-state index is 11.3. The number of esters is 1. The van der Waals surface area contributed by atoms with E-state index in [-0.39, 0.29) is 12.1 Å². The van der Waals surface area contributed by atoms with Crippen molar-refractivity contribution in [1.82, 2.24) is 0 Å². The fourth-order valence-corrected chi connectivity index (χ4v) is 1.34. The number of rotatable bonds is 6. The number of benzene rings is 1. The van der Waals surface area contributed by atoms with Crippen molar-refractivity contribution in [3.8, 4) is 5.75 Å². The predicted octanol–water partition coefficient (Wildman–Crippen LogP) is 3.61. The molecule has 0 aliphatic rings. The Morgan fingerprint density at radius 1 is 1.26 bits per heavy atom. The van der Waals surface area contributed by atoms with E-state index in [1.165, 1.54) is 6.08 Å². The minimum Gasteiger partial charge on any atom is -0.497 e. The smallest absolute Gasteiger partial charge is 0.331 e. The molecule has 0 bridgehead atoms. The normalized spacial score (nSPS) is 12.8. The Bertz CT molecular complexity index is 444. The van der Waals surface area contributed by atoms with E-state index in [4.69, 9.17) is 9.47 Å². The predicted molar refractivity (Wildman–Crippen MR) is 77.0 cm³/mol. The van der Waals surface area contributed by atoms with E-state index >= 15 is 0 Å². The van der Waals surface area contributed by atoms with Crippen molar-refractivity contribution in [2.75, 3.05) is 7.11 Å². The molecule has 0 aliphatic heterocycles. The molecule has 1 aromatic carbocycles. The molecule has 3 heteroatoms. The third-order valence-corrected chi connectivity index (χ3v) is 2.64. The lowest BCUT2D eigenvalue weighted by Gasteiger charge is -2.07. The first-order valence-electron chi connectivity index (χ1n) is 6.35.